The zero-order valence-corrected chi connectivity index (χ0v) is 14.1. The fourth-order valence-electron chi connectivity index (χ4n) is 2.06. The van der Waals surface area contributed by atoms with Gasteiger partial charge >= 0.3 is 5.97 Å². The largest absolute Gasteiger partial charge is 0.462 e. The minimum Gasteiger partial charge on any atom is -0.462 e. The Morgan fingerprint density at radius 3 is 2.39 bits per heavy atom. The van der Waals surface area contributed by atoms with Gasteiger partial charge in [-0.25, -0.2) is 4.79 Å². The molecule has 0 aliphatic heterocycles. The maximum absolute atomic E-state index is 11.7. The molecular formula is C18H20N2O2S. The van der Waals surface area contributed by atoms with E-state index in [1.165, 1.54) is 5.56 Å². The van der Waals surface area contributed by atoms with Gasteiger partial charge in [-0.1, -0.05) is 25.1 Å². The molecule has 0 bridgehead atoms. The van der Waals surface area contributed by atoms with Crippen molar-refractivity contribution in [2.24, 2.45) is 0 Å². The molecule has 0 heterocycles. The summed E-state index contributed by atoms with van der Waals surface area (Å²) in [5.41, 5.74) is 3.42. The van der Waals surface area contributed by atoms with Crippen molar-refractivity contribution in [2.45, 2.75) is 20.3 Å². The van der Waals surface area contributed by atoms with Crippen molar-refractivity contribution in [1.82, 2.24) is 0 Å². The number of thiocarbonyl (C=S) groups is 1. The molecule has 23 heavy (non-hydrogen) atoms. The van der Waals surface area contributed by atoms with Crippen LogP contribution in [0.2, 0.25) is 0 Å². The molecule has 0 aliphatic carbocycles. The van der Waals surface area contributed by atoms with Gasteiger partial charge in [0, 0.05) is 11.4 Å². The third-order valence-corrected chi connectivity index (χ3v) is 3.46. The summed E-state index contributed by atoms with van der Waals surface area (Å²) >= 11 is 5.30. The van der Waals surface area contributed by atoms with E-state index >= 15 is 0 Å². The molecule has 4 nitrogen and oxygen atoms in total. The van der Waals surface area contributed by atoms with E-state index in [0.717, 1.165) is 17.8 Å². The van der Waals surface area contributed by atoms with E-state index in [-0.39, 0.29) is 5.97 Å². The summed E-state index contributed by atoms with van der Waals surface area (Å²) in [5, 5.41) is 6.66. The van der Waals surface area contributed by atoms with Crippen LogP contribution in [0.25, 0.3) is 0 Å². The quantitative estimate of drug-likeness (QED) is 0.635. The predicted molar refractivity (Wildman–Crippen MR) is 98.1 cm³/mol. The van der Waals surface area contributed by atoms with Gasteiger partial charge in [-0.15, -0.1) is 0 Å². The van der Waals surface area contributed by atoms with Gasteiger partial charge in [0.15, 0.2) is 5.11 Å². The molecule has 0 unspecified atom stereocenters. The number of ether oxygens (including phenoxy) is 1. The van der Waals surface area contributed by atoms with Gasteiger partial charge in [-0.05, 0) is 61.5 Å². The van der Waals surface area contributed by atoms with Crippen LogP contribution in [0.4, 0.5) is 11.4 Å². The molecule has 0 aromatic heterocycles. The van der Waals surface area contributed by atoms with Crippen molar-refractivity contribution in [3.63, 3.8) is 0 Å². The van der Waals surface area contributed by atoms with Crippen molar-refractivity contribution in [1.29, 1.82) is 0 Å². The number of carbonyl (C=O) groups excluding carboxylic acids is 1. The van der Waals surface area contributed by atoms with Gasteiger partial charge in [0.2, 0.25) is 0 Å². The summed E-state index contributed by atoms with van der Waals surface area (Å²) < 4.78 is 4.99. The molecule has 2 rings (SSSR count). The summed E-state index contributed by atoms with van der Waals surface area (Å²) in [5.74, 6) is -0.342. The molecule has 0 amide bonds. The Kier molecular flexibility index (Phi) is 6.11. The van der Waals surface area contributed by atoms with Gasteiger partial charge in [0.25, 0.3) is 0 Å². The average molecular weight is 328 g/mol. The molecule has 2 aromatic carbocycles. The summed E-state index contributed by atoms with van der Waals surface area (Å²) in [6, 6.07) is 15.2. The van der Waals surface area contributed by atoms with Crippen LogP contribution in [-0.4, -0.2) is 17.7 Å². The maximum Gasteiger partial charge on any atom is 0.338 e. The minimum absolute atomic E-state index is 0.342. The first-order valence-corrected chi connectivity index (χ1v) is 7.97. The lowest BCUT2D eigenvalue weighted by molar-refractivity contribution is 0.0526. The van der Waals surface area contributed by atoms with E-state index in [9.17, 15) is 4.79 Å². The highest BCUT2D eigenvalue weighted by Crippen LogP contribution is 2.14. The number of aryl methyl sites for hydroxylation is 1. The molecule has 0 fully saturated rings. The lowest BCUT2D eigenvalue weighted by atomic mass is 10.1. The van der Waals surface area contributed by atoms with Crippen LogP contribution in [0.1, 0.15) is 29.8 Å². The van der Waals surface area contributed by atoms with E-state index in [4.69, 9.17) is 17.0 Å². The Morgan fingerprint density at radius 2 is 1.74 bits per heavy atom. The van der Waals surface area contributed by atoms with Gasteiger partial charge in [-0.2, -0.15) is 0 Å². The third kappa shape index (κ3) is 5.07. The lowest BCUT2D eigenvalue weighted by Crippen LogP contribution is -2.19. The third-order valence-electron chi connectivity index (χ3n) is 3.25. The second-order valence-electron chi connectivity index (χ2n) is 4.93. The van der Waals surface area contributed by atoms with E-state index in [2.05, 4.69) is 29.7 Å². The van der Waals surface area contributed by atoms with Gasteiger partial charge in [0.05, 0.1) is 12.2 Å². The van der Waals surface area contributed by atoms with Crippen LogP contribution in [0.5, 0.6) is 0 Å². The summed E-state index contributed by atoms with van der Waals surface area (Å²) in [4.78, 5) is 11.7. The fraction of sp³-hybridized carbons (Fsp3) is 0.222. The van der Waals surface area contributed by atoms with Crippen molar-refractivity contribution in [3.05, 3.63) is 59.7 Å². The summed E-state index contributed by atoms with van der Waals surface area (Å²) in [7, 11) is 0. The topological polar surface area (TPSA) is 50.4 Å². The predicted octanol–water partition coefficient (Wildman–Crippen LogP) is 4.23. The molecule has 5 heteroatoms. The maximum atomic E-state index is 11.7. The van der Waals surface area contributed by atoms with Gasteiger partial charge in [-0.3, -0.25) is 0 Å². The van der Waals surface area contributed by atoms with E-state index in [1.54, 1.807) is 25.1 Å². The van der Waals surface area contributed by atoms with E-state index < -0.39 is 0 Å². The Bertz CT molecular complexity index is 684. The summed E-state index contributed by atoms with van der Waals surface area (Å²) in [6.45, 7) is 4.25. The second-order valence-corrected chi connectivity index (χ2v) is 5.34. The number of hydrogen-bond acceptors (Lipinski definition) is 3. The second kappa shape index (κ2) is 8.29. The van der Waals surface area contributed by atoms with Crippen molar-refractivity contribution >= 4 is 34.7 Å². The van der Waals surface area contributed by atoms with E-state index in [1.807, 2.05) is 18.2 Å². The smallest absolute Gasteiger partial charge is 0.338 e. The number of carbonyl (C=O) groups is 1. The van der Waals surface area contributed by atoms with Crippen molar-refractivity contribution in [2.75, 3.05) is 17.2 Å². The summed E-state index contributed by atoms with van der Waals surface area (Å²) in [6.07, 6.45) is 1.00. The molecule has 2 aromatic rings. The Morgan fingerprint density at radius 1 is 1.04 bits per heavy atom. The number of rotatable bonds is 5. The van der Waals surface area contributed by atoms with Crippen LogP contribution >= 0.6 is 12.2 Å². The molecule has 120 valence electrons. The SMILES string of the molecule is CCOC(=O)c1cccc(NC(=S)Nc2ccc(CC)cc2)c1. The number of nitrogens with one attached hydrogen (secondary N) is 2. The fourth-order valence-corrected chi connectivity index (χ4v) is 2.29. The molecule has 0 radical (unpaired) electrons. The highest BCUT2D eigenvalue weighted by Gasteiger charge is 2.07. The van der Waals surface area contributed by atoms with Gasteiger partial charge < -0.3 is 15.4 Å². The number of benzene rings is 2. The van der Waals surface area contributed by atoms with Crippen LogP contribution in [-0.2, 0) is 11.2 Å². The van der Waals surface area contributed by atoms with Crippen LogP contribution in [0.3, 0.4) is 0 Å². The number of hydrogen-bond donors (Lipinski definition) is 2. The molecule has 0 spiro atoms. The van der Waals surface area contributed by atoms with Gasteiger partial charge in [0.1, 0.15) is 0 Å². The van der Waals surface area contributed by atoms with Crippen molar-refractivity contribution in [3.8, 4) is 0 Å². The molecule has 0 atom stereocenters. The molecule has 0 aliphatic rings. The monoisotopic (exact) mass is 328 g/mol. The number of anilines is 2. The van der Waals surface area contributed by atoms with E-state index in [0.29, 0.717) is 17.3 Å². The highest BCUT2D eigenvalue weighted by molar-refractivity contribution is 7.80. The molecule has 0 saturated heterocycles. The van der Waals surface area contributed by atoms with Crippen LogP contribution in [0, 0.1) is 0 Å². The van der Waals surface area contributed by atoms with Crippen LogP contribution in [0.15, 0.2) is 48.5 Å². The molecular weight excluding hydrogens is 308 g/mol. The Hall–Kier alpha value is -2.40. The Balaban J connectivity index is 1.99. The zero-order valence-electron chi connectivity index (χ0n) is 13.3. The van der Waals surface area contributed by atoms with Crippen LogP contribution < -0.4 is 10.6 Å². The normalized spacial score (nSPS) is 10.0. The standard InChI is InChI=1S/C18H20N2O2S/c1-3-13-8-10-15(11-9-13)19-18(23)20-16-7-5-6-14(12-16)17(21)22-4-2/h5-12H,3-4H2,1-2H3,(H2,19,20,23). The lowest BCUT2D eigenvalue weighted by Gasteiger charge is -2.11. The number of esters is 1. The molecule has 0 saturated carbocycles. The first-order chi connectivity index (χ1) is 11.1. The Labute approximate surface area is 141 Å². The van der Waals surface area contributed by atoms with Crippen molar-refractivity contribution < 1.29 is 9.53 Å². The minimum atomic E-state index is -0.342. The first kappa shape index (κ1) is 17.0. The molecule has 2 N–H and O–H groups in total. The zero-order chi connectivity index (χ0) is 16.7. The average Bonchev–Trinajstić information content (AvgIpc) is 2.56. The highest BCUT2D eigenvalue weighted by atomic mass is 32.1. The first-order valence-electron chi connectivity index (χ1n) is 7.56.